The molecule has 132 valence electrons. The van der Waals surface area contributed by atoms with E-state index in [1.54, 1.807) is 6.07 Å². The van der Waals surface area contributed by atoms with Gasteiger partial charge in [0.15, 0.2) is 0 Å². The third-order valence-corrected chi connectivity index (χ3v) is 3.61. The van der Waals surface area contributed by atoms with Crippen LogP contribution in [0.4, 0.5) is 4.39 Å². The lowest BCUT2D eigenvalue weighted by Gasteiger charge is -2.11. The number of benzene rings is 1. The fraction of sp³-hybridized carbons (Fsp3) is 0.222. The van der Waals surface area contributed by atoms with Gasteiger partial charge in [-0.15, -0.1) is 0 Å². The highest BCUT2D eigenvalue weighted by atomic mass is 19.1. The molecule has 6 nitrogen and oxygen atoms in total. The number of carboxylic acids is 2. The largest absolute Gasteiger partial charge is 0.478 e. The van der Waals surface area contributed by atoms with Crippen LogP contribution in [0.3, 0.4) is 0 Å². The van der Waals surface area contributed by atoms with Gasteiger partial charge in [-0.1, -0.05) is 6.07 Å². The molecular weight excluding hydrogens is 327 g/mol. The van der Waals surface area contributed by atoms with E-state index in [2.05, 4.69) is 10.6 Å². The van der Waals surface area contributed by atoms with Crippen molar-refractivity contribution in [2.45, 2.75) is 25.9 Å². The maximum atomic E-state index is 13.3. The molecule has 0 unspecified atom stereocenters. The summed E-state index contributed by atoms with van der Waals surface area (Å²) in [5.74, 6) is -2.69. The second-order valence-corrected chi connectivity index (χ2v) is 5.81. The number of carbonyl (C=O) groups is 2. The Bertz CT molecular complexity index is 808. The van der Waals surface area contributed by atoms with E-state index in [4.69, 9.17) is 15.9 Å². The van der Waals surface area contributed by atoms with Gasteiger partial charge in [0.05, 0.1) is 5.69 Å². The maximum Gasteiger partial charge on any atom is 0.328 e. The highest BCUT2D eigenvalue weighted by molar-refractivity contribution is 5.89. The Labute approximate surface area is 144 Å². The summed E-state index contributed by atoms with van der Waals surface area (Å²) in [5.41, 5.74) is 10.5. The fourth-order valence-electron chi connectivity index (χ4n) is 2.72. The standard InChI is InChI=1S/C14H15FN2.C4H4O4/c1-9(16)8-17-5-4-11-6-10-2-3-12(15)7-13(10)14(11)17;5-3(6)1-2-4(7)8/h2-5,7,9H,6,8,16H2,1H3;1-2H,(H,5,6)(H,7,8)/b;2-1+/t9-;/m0./s1. The van der Waals surface area contributed by atoms with E-state index in [0.717, 1.165) is 24.2 Å². The first-order chi connectivity index (χ1) is 11.8. The van der Waals surface area contributed by atoms with Crippen LogP contribution < -0.4 is 5.73 Å². The first kappa shape index (κ1) is 18.4. The molecule has 0 spiro atoms. The van der Waals surface area contributed by atoms with E-state index < -0.39 is 11.9 Å². The molecule has 0 aliphatic heterocycles. The molecule has 0 radical (unpaired) electrons. The third kappa shape index (κ3) is 4.77. The van der Waals surface area contributed by atoms with E-state index in [-0.39, 0.29) is 11.9 Å². The van der Waals surface area contributed by atoms with Gasteiger partial charge in [0.2, 0.25) is 0 Å². The number of hydrogen-bond acceptors (Lipinski definition) is 3. The van der Waals surface area contributed by atoms with Crippen molar-refractivity contribution in [1.82, 2.24) is 4.57 Å². The van der Waals surface area contributed by atoms with Crippen molar-refractivity contribution in [3.63, 3.8) is 0 Å². The highest BCUT2D eigenvalue weighted by Gasteiger charge is 2.22. The van der Waals surface area contributed by atoms with Crippen LogP contribution >= 0.6 is 0 Å². The van der Waals surface area contributed by atoms with Crippen LogP contribution in [0.2, 0.25) is 0 Å². The van der Waals surface area contributed by atoms with Crippen LogP contribution in [-0.2, 0) is 22.6 Å². The zero-order valence-corrected chi connectivity index (χ0v) is 13.6. The molecule has 1 aliphatic carbocycles. The van der Waals surface area contributed by atoms with E-state index in [1.807, 2.05) is 19.2 Å². The summed E-state index contributed by atoms with van der Waals surface area (Å²) in [6.07, 6.45) is 4.06. The average Bonchev–Trinajstić information content (AvgIpc) is 3.05. The normalized spacial score (nSPS) is 12.9. The molecule has 1 aliphatic rings. The molecule has 1 aromatic heterocycles. The Morgan fingerprint density at radius 3 is 2.44 bits per heavy atom. The number of hydrogen-bond donors (Lipinski definition) is 3. The summed E-state index contributed by atoms with van der Waals surface area (Å²) >= 11 is 0. The number of nitrogens with two attached hydrogens (primary N) is 1. The van der Waals surface area contributed by atoms with Crippen LogP contribution in [-0.4, -0.2) is 32.8 Å². The van der Waals surface area contributed by atoms with E-state index in [0.29, 0.717) is 12.2 Å². The molecule has 1 heterocycles. The summed E-state index contributed by atoms with van der Waals surface area (Å²) in [5, 5.41) is 15.6. The smallest absolute Gasteiger partial charge is 0.328 e. The molecule has 0 amide bonds. The van der Waals surface area contributed by atoms with Gasteiger partial charge >= 0.3 is 11.9 Å². The minimum absolute atomic E-state index is 0.101. The number of halogens is 1. The van der Waals surface area contributed by atoms with Crippen LogP contribution in [0.1, 0.15) is 18.1 Å². The van der Waals surface area contributed by atoms with Crippen LogP contribution in [0, 0.1) is 5.82 Å². The van der Waals surface area contributed by atoms with Crippen molar-refractivity contribution in [2.75, 3.05) is 0 Å². The van der Waals surface area contributed by atoms with Crippen LogP contribution in [0.15, 0.2) is 42.6 Å². The summed E-state index contributed by atoms with van der Waals surface area (Å²) in [6, 6.07) is 7.24. The first-order valence-corrected chi connectivity index (χ1v) is 7.64. The minimum atomic E-state index is -1.26. The van der Waals surface area contributed by atoms with Gasteiger partial charge in [-0.25, -0.2) is 14.0 Å². The quantitative estimate of drug-likeness (QED) is 0.628. The average molecular weight is 346 g/mol. The topological polar surface area (TPSA) is 106 Å². The van der Waals surface area contributed by atoms with Gasteiger partial charge < -0.3 is 20.5 Å². The number of rotatable bonds is 4. The molecule has 3 rings (SSSR count). The highest BCUT2D eigenvalue weighted by Crippen LogP contribution is 2.37. The zero-order valence-electron chi connectivity index (χ0n) is 13.6. The summed E-state index contributed by atoms with van der Waals surface area (Å²) in [4.78, 5) is 19.1. The third-order valence-electron chi connectivity index (χ3n) is 3.61. The van der Waals surface area contributed by atoms with Gasteiger partial charge in [0, 0.05) is 42.9 Å². The van der Waals surface area contributed by atoms with Crippen molar-refractivity contribution in [3.05, 3.63) is 59.6 Å². The molecule has 0 fully saturated rings. The maximum absolute atomic E-state index is 13.3. The van der Waals surface area contributed by atoms with E-state index in [1.165, 1.54) is 17.2 Å². The predicted octanol–water partition coefficient (Wildman–Crippen LogP) is 2.26. The number of carboxylic acid groups (broad SMARTS) is 2. The molecule has 4 N–H and O–H groups in total. The van der Waals surface area contributed by atoms with Gasteiger partial charge in [-0.3, -0.25) is 0 Å². The molecule has 7 heteroatoms. The van der Waals surface area contributed by atoms with Crippen molar-refractivity contribution < 1.29 is 24.2 Å². The Kier molecular flexibility index (Phi) is 5.71. The Balaban J connectivity index is 0.000000242. The van der Waals surface area contributed by atoms with Gasteiger partial charge in [0.25, 0.3) is 0 Å². The van der Waals surface area contributed by atoms with Crippen molar-refractivity contribution in [3.8, 4) is 11.3 Å². The van der Waals surface area contributed by atoms with Crippen molar-refractivity contribution in [1.29, 1.82) is 0 Å². The molecule has 1 atom stereocenters. The molecule has 0 saturated heterocycles. The lowest BCUT2D eigenvalue weighted by Crippen LogP contribution is -2.22. The molecule has 2 aromatic rings. The first-order valence-electron chi connectivity index (χ1n) is 7.64. The summed E-state index contributed by atoms with van der Waals surface area (Å²) in [6.45, 7) is 2.75. The van der Waals surface area contributed by atoms with Gasteiger partial charge in [-0.2, -0.15) is 0 Å². The van der Waals surface area contributed by atoms with E-state index >= 15 is 0 Å². The fourth-order valence-corrected chi connectivity index (χ4v) is 2.72. The Morgan fingerprint density at radius 2 is 1.88 bits per heavy atom. The lowest BCUT2D eigenvalue weighted by molar-refractivity contribution is -0.134. The van der Waals surface area contributed by atoms with Crippen molar-refractivity contribution >= 4 is 11.9 Å². The van der Waals surface area contributed by atoms with Gasteiger partial charge in [0.1, 0.15) is 5.82 Å². The monoisotopic (exact) mass is 346 g/mol. The zero-order chi connectivity index (χ0) is 18.6. The number of aliphatic carboxylic acids is 2. The predicted molar refractivity (Wildman–Crippen MR) is 90.7 cm³/mol. The van der Waals surface area contributed by atoms with Crippen LogP contribution in [0.25, 0.3) is 11.3 Å². The van der Waals surface area contributed by atoms with E-state index in [9.17, 15) is 14.0 Å². The molecular formula is C18H19FN2O4. The summed E-state index contributed by atoms with van der Waals surface area (Å²) in [7, 11) is 0. The number of fused-ring (bicyclic) bond motifs is 3. The molecule has 0 saturated carbocycles. The minimum Gasteiger partial charge on any atom is -0.478 e. The molecule has 1 aromatic carbocycles. The molecule has 25 heavy (non-hydrogen) atoms. The Hall–Kier alpha value is -2.93. The Morgan fingerprint density at radius 1 is 1.24 bits per heavy atom. The lowest BCUT2D eigenvalue weighted by atomic mass is 10.1. The summed E-state index contributed by atoms with van der Waals surface area (Å²) < 4.78 is 15.5. The molecule has 0 bridgehead atoms. The number of nitrogens with zero attached hydrogens (tertiary/aromatic N) is 1. The SMILES string of the molecule is C[C@H](N)Cn1ccc2c1-c1cc(F)ccc1C2.O=C(O)/C=C/C(=O)O. The van der Waals surface area contributed by atoms with Crippen molar-refractivity contribution in [2.24, 2.45) is 5.73 Å². The number of aromatic nitrogens is 1. The second kappa shape index (κ2) is 7.76. The second-order valence-electron chi connectivity index (χ2n) is 5.81. The van der Waals surface area contributed by atoms with Crippen LogP contribution in [0.5, 0.6) is 0 Å². The van der Waals surface area contributed by atoms with Gasteiger partial charge in [-0.05, 0) is 36.2 Å².